The minimum absolute atomic E-state index is 0. The van der Waals surface area contributed by atoms with Gasteiger partial charge in [0.25, 0.3) is 0 Å². The summed E-state index contributed by atoms with van der Waals surface area (Å²) in [6.07, 6.45) is 11.5. The quantitative estimate of drug-likeness (QED) is 0.794. The first-order chi connectivity index (χ1) is 8.77. The maximum absolute atomic E-state index is 3.52. The van der Waals surface area contributed by atoms with E-state index in [1.165, 1.54) is 5.56 Å². The summed E-state index contributed by atoms with van der Waals surface area (Å²) in [5.74, 6) is 0. The molecule has 0 radical (unpaired) electrons. The van der Waals surface area contributed by atoms with E-state index in [1.54, 1.807) is 0 Å². The molecular formula is C17H24ClN. The van der Waals surface area contributed by atoms with Crippen molar-refractivity contribution < 1.29 is 0 Å². The zero-order valence-corrected chi connectivity index (χ0v) is 12.6. The van der Waals surface area contributed by atoms with Gasteiger partial charge in [-0.2, -0.15) is 0 Å². The van der Waals surface area contributed by atoms with E-state index in [-0.39, 0.29) is 17.8 Å². The molecule has 2 rings (SSSR count). The third kappa shape index (κ3) is 3.95. The fraction of sp³-hybridized carbons (Fsp3) is 0.412. The minimum Gasteiger partial charge on any atom is -0.314 e. The third-order valence-corrected chi connectivity index (χ3v) is 3.61. The van der Waals surface area contributed by atoms with Gasteiger partial charge in [0.05, 0.1) is 0 Å². The van der Waals surface area contributed by atoms with Gasteiger partial charge < -0.3 is 5.32 Å². The molecule has 0 saturated heterocycles. The van der Waals surface area contributed by atoms with E-state index in [4.69, 9.17) is 0 Å². The van der Waals surface area contributed by atoms with Crippen LogP contribution in [0.25, 0.3) is 0 Å². The molecule has 2 heteroatoms. The molecule has 1 atom stereocenters. The fourth-order valence-corrected chi connectivity index (χ4v) is 2.81. The van der Waals surface area contributed by atoms with Crippen LogP contribution in [-0.2, 0) is 5.41 Å². The second kappa shape index (κ2) is 7.52. The van der Waals surface area contributed by atoms with E-state index >= 15 is 0 Å². The summed E-state index contributed by atoms with van der Waals surface area (Å²) >= 11 is 0. The van der Waals surface area contributed by atoms with Crippen LogP contribution in [0.15, 0.2) is 54.6 Å². The molecule has 0 spiro atoms. The summed E-state index contributed by atoms with van der Waals surface area (Å²) in [7, 11) is 0. The lowest BCUT2D eigenvalue weighted by molar-refractivity contribution is 0.454. The predicted molar refractivity (Wildman–Crippen MR) is 86.0 cm³/mol. The van der Waals surface area contributed by atoms with Gasteiger partial charge in [-0.3, -0.25) is 0 Å². The Kier molecular flexibility index (Phi) is 6.33. The standard InChI is InChI=1S/C17H23N.ClH/c1-3-18-15(2)14-17(12-8-5-9-13-17)16-10-6-4-7-11-16;/h4,6-13,15,18H,3,5,14H2,1-2H3;1H. The van der Waals surface area contributed by atoms with Gasteiger partial charge in [0.15, 0.2) is 0 Å². The van der Waals surface area contributed by atoms with Crippen molar-refractivity contribution in [3.63, 3.8) is 0 Å². The molecular weight excluding hydrogens is 254 g/mol. The second-order valence-electron chi connectivity index (χ2n) is 5.11. The molecule has 1 N–H and O–H groups in total. The highest BCUT2D eigenvalue weighted by molar-refractivity contribution is 5.85. The lowest BCUT2D eigenvalue weighted by atomic mass is 9.73. The molecule has 1 aliphatic carbocycles. The normalized spacial score (nSPS) is 17.8. The fourth-order valence-electron chi connectivity index (χ4n) is 2.81. The Morgan fingerprint density at radius 2 is 1.79 bits per heavy atom. The van der Waals surface area contributed by atoms with Gasteiger partial charge in [0, 0.05) is 11.5 Å². The highest BCUT2D eigenvalue weighted by Crippen LogP contribution is 2.35. The zero-order valence-electron chi connectivity index (χ0n) is 11.8. The Morgan fingerprint density at radius 1 is 1.16 bits per heavy atom. The SMILES string of the molecule is CCNC(C)CC1(c2ccccc2)C=CCC=C1.Cl. The largest absolute Gasteiger partial charge is 0.314 e. The third-order valence-electron chi connectivity index (χ3n) is 3.61. The van der Waals surface area contributed by atoms with E-state index in [9.17, 15) is 0 Å². The molecule has 1 aliphatic rings. The predicted octanol–water partition coefficient (Wildman–Crippen LogP) is 4.25. The van der Waals surface area contributed by atoms with Crippen LogP contribution < -0.4 is 5.32 Å². The highest BCUT2D eigenvalue weighted by Gasteiger charge is 2.29. The second-order valence-corrected chi connectivity index (χ2v) is 5.11. The molecule has 0 aliphatic heterocycles. The molecule has 1 aromatic rings. The molecule has 0 amide bonds. The van der Waals surface area contributed by atoms with E-state index in [0.717, 1.165) is 19.4 Å². The van der Waals surface area contributed by atoms with Crippen molar-refractivity contribution in [1.29, 1.82) is 0 Å². The average Bonchev–Trinajstić information content (AvgIpc) is 2.41. The molecule has 1 aromatic carbocycles. The molecule has 0 aromatic heterocycles. The number of benzene rings is 1. The maximum Gasteiger partial charge on any atom is 0.0327 e. The van der Waals surface area contributed by atoms with E-state index in [1.807, 2.05) is 0 Å². The van der Waals surface area contributed by atoms with Crippen LogP contribution in [0.1, 0.15) is 32.3 Å². The van der Waals surface area contributed by atoms with Gasteiger partial charge in [-0.15, -0.1) is 12.4 Å². The van der Waals surface area contributed by atoms with E-state index in [2.05, 4.69) is 73.8 Å². The summed E-state index contributed by atoms with van der Waals surface area (Å²) in [4.78, 5) is 0. The molecule has 0 heterocycles. The summed E-state index contributed by atoms with van der Waals surface area (Å²) in [6.45, 7) is 5.46. The summed E-state index contributed by atoms with van der Waals surface area (Å²) in [6, 6.07) is 11.3. The number of hydrogen-bond donors (Lipinski definition) is 1. The van der Waals surface area contributed by atoms with Crippen LogP contribution >= 0.6 is 12.4 Å². The molecule has 0 saturated carbocycles. The first-order valence-corrected chi connectivity index (χ1v) is 6.91. The lowest BCUT2D eigenvalue weighted by Gasteiger charge is -2.33. The van der Waals surface area contributed by atoms with Gasteiger partial charge in [0.2, 0.25) is 0 Å². The van der Waals surface area contributed by atoms with Crippen molar-refractivity contribution in [3.8, 4) is 0 Å². The first-order valence-electron chi connectivity index (χ1n) is 6.91. The Morgan fingerprint density at radius 3 is 2.37 bits per heavy atom. The van der Waals surface area contributed by atoms with Crippen LogP contribution in [0.4, 0.5) is 0 Å². The van der Waals surface area contributed by atoms with Crippen LogP contribution in [-0.4, -0.2) is 12.6 Å². The Hall–Kier alpha value is -1.05. The highest BCUT2D eigenvalue weighted by atomic mass is 35.5. The molecule has 19 heavy (non-hydrogen) atoms. The topological polar surface area (TPSA) is 12.0 Å². The van der Waals surface area contributed by atoms with Crippen molar-refractivity contribution >= 4 is 12.4 Å². The summed E-state index contributed by atoms with van der Waals surface area (Å²) < 4.78 is 0. The number of halogens is 1. The molecule has 104 valence electrons. The van der Waals surface area contributed by atoms with Gasteiger partial charge >= 0.3 is 0 Å². The molecule has 1 unspecified atom stereocenters. The van der Waals surface area contributed by atoms with Crippen molar-refractivity contribution in [2.75, 3.05) is 6.54 Å². The Bertz CT molecular complexity index is 410. The average molecular weight is 278 g/mol. The van der Waals surface area contributed by atoms with Crippen molar-refractivity contribution in [3.05, 3.63) is 60.2 Å². The van der Waals surface area contributed by atoms with Crippen molar-refractivity contribution in [2.45, 2.75) is 38.1 Å². The van der Waals surface area contributed by atoms with Gasteiger partial charge in [-0.05, 0) is 31.9 Å². The van der Waals surface area contributed by atoms with Crippen LogP contribution in [0.5, 0.6) is 0 Å². The molecule has 0 fully saturated rings. The minimum atomic E-state index is 0. The zero-order chi connectivity index (χ0) is 12.8. The summed E-state index contributed by atoms with van der Waals surface area (Å²) in [5.41, 5.74) is 1.46. The maximum atomic E-state index is 3.52. The summed E-state index contributed by atoms with van der Waals surface area (Å²) in [5, 5.41) is 3.52. The van der Waals surface area contributed by atoms with Gasteiger partial charge in [-0.1, -0.05) is 61.6 Å². The van der Waals surface area contributed by atoms with Crippen molar-refractivity contribution in [2.24, 2.45) is 0 Å². The number of allylic oxidation sites excluding steroid dienone is 4. The van der Waals surface area contributed by atoms with Crippen LogP contribution in [0, 0.1) is 0 Å². The molecule has 0 bridgehead atoms. The monoisotopic (exact) mass is 277 g/mol. The van der Waals surface area contributed by atoms with Crippen molar-refractivity contribution in [1.82, 2.24) is 5.32 Å². The number of hydrogen-bond acceptors (Lipinski definition) is 1. The number of rotatable bonds is 5. The van der Waals surface area contributed by atoms with Gasteiger partial charge in [-0.25, -0.2) is 0 Å². The van der Waals surface area contributed by atoms with Crippen LogP contribution in [0.2, 0.25) is 0 Å². The Balaban J connectivity index is 0.00000180. The smallest absolute Gasteiger partial charge is 0.0327 e. The van der Waals surface area contributed by atoms with E-state index in [0.29, 0.717) is 6.04 Å². The molecule has 1 nitrogen and oxygen atoms in total. The lowest BCUT2D eigenvalue weighted by Crippen LogP contribution is -2.34. The number of nitrogens with one attached hydrogen (secondary N) is 1. The van der Waals surface area contributed by atoms with Crippen LogP contribution in [0.3, 0.4) is 0 Å². The Labute approximate surface area is 123 Å². The van der Waals surface area contributed by atoms with Gasteiger partial charge in [0.1, 0.15) is 0 Å². The first kappa shape index (κ1) is 16.0. The van der Waals surface area contributed by atoms with E-state index < -0.39 is 0 Å².